The highest BCUT2D eigenvalue weighted by Crippen LogP contribution is 2.37. The molecule has 1 unspecified atom stereocenters. The maximum atomic E-state index is 12.1. The van der Waals surface area contributed by atoms with Crippen LogP contribution < -0.4 is 10.6 Å². The fourth-order valence-electron chi connectivity index (χ4n) is 3.03. The highest BCUT2D eigenvalue weighted by molar-refractivity contribution is 9.10. The first-order valence-electron chi connectivity index (χ1n) is 8.41. The molecule has 2 N–H and O–H groups in total. The molecule has 2 aromatic heterocycles. The molecule has 28 heavy (non-hydrogen) atoms. The van der Waals surface area contributed by atoms with Gasteiger partial charge in [-0.05, 0) is 46.6 Å². The predicted molar refractivity (Wildman–Crippen MR) is 111 cm³/mol. The van der Waals surface area contributed by atoms with Gasteiger partial charge in [0, 0.05) is 28.4 Å². The minimum atomic E-state index is -0.339. The highest BCUT2D eigenvalue weighted by Gasteiger charge is 2.29. The zero-order chi connectivity index (χ0) is 19.7. The summed E-state index contributed by atoms with van der Waals surface area (Å²) in [5, 5.41) is 17.5. The number of hydrogen-bond acceptors (Lipinski definition) is 5. The number of carbonyl (C=O) groups excluding carboxylic acids is 1. The van der Waals surface area contributed by atoms with E-state index in [0.717, 1.165) is 37.7 Å². The van der Waals surface area contributed by atoms with E-state index in [1.807, 2.05) is 36.6 Å². The number of hydrogen-bond donors (Lipinski definition) is 2. The number of nitriles is 1. The second kappa shape index (κ2) is 7.54. The van der Waals surface area contributed by atoms with Crippen molar-refractivity contribution in [1.29, 1.82) is 5.26 Å². The number of pyridine rings is 1. The summed E-state index contributed by atoms with van der Waals surface area (Å²) in [6.07, 6.45) is 1.74. The molecule has 2 amide bonds. The third kappa shape index (κ3) is 3.54. The lowest BCUT2D eigenvalue weighted by molar-refractivity contribution is 0.240. The van der Waals surface area contributed by atoms with Crippen LogP contribution in [-0.2, 0) is 0 Å². The van der Waals surface area contributed by atoms with Crippen LogP contribution in [0.25, 0.3) is 16.8 Å². The van der Waals surface area contributed by atoms with E-state index in [-0.39, 0.29) is 12.1 Å². The van der Waals surface area contributed by atoms with Crippen LogP contribution in [0.4, 0.5) is 4.79 Å². The number of rotatable bonds is 3. The molecule has 0 spiro atoms. The van der Waals surface area contributed by atoms with Gasteiger partial charge in [-0.3, -0.25) is 0 Å². The molecule has 0 bridgehead atoms. The van der Waals surface area contributed by atoms with Crippen molar-refractivity contribution in [2.45, 2.75) is 13.0 Å². The van der Waals surface area contributed by atoms with Crippen molar-refractivity contribution in [2.75, 3.05) is 0 Å². The molecular formula is C20H14BrN5OS. The number of nitrogens with zero attached hydrogens (tertiary/aromatic N) is 3. The number of carbonyl (C=O) groups is 1. The monoisotopic (exact) mass is 451 g/mol. The van der Waals surface area contributed by atoms with Crippen LogP contribution in [0.1, 0.15) is 29.1 Å². The number of nitrogens with one attached hydrogen (secondary N) is 2. The first kappa shape index (κ1) is 18.3. The van der Waals surface area contributed by atoms with Gasteiger partial charge in [0.1, 0.15) is 9.61 Å². The first-order valence-corrected chi connectivity index (χ1v) is 10.1. The van der Waals surface area contributed by atoms with Crippen molar-refractivity contribution in [3.05, 3.63) is 74.4 Å². The Morgan fingerprint density at radius 3 is 2.68 bits per heavy atom. The highest BCUT2D eigenvalue weighted by atomic mass is 79.9. The first-order chi connectivity index (χ1) is 13.5. The van der Waals surface area contributed by atoms with Crippen LogP contribution in [0.2, 0.25) is 0 Å². The van der Waals surface area contributed by atoms with Crippen LogP contribution in [0.3, 0.4) is 0 Å². The van der Waals surface area contributed by atoms with Crippen molar-refractivity contribution < 1.29 is 4.79 Å². The van der Waals surface area contributed by atoms with Gasteiger partial charge in [-0.25, -0.2) is 14.8 Å². The number of allylic oxidation sites excluding steroid dienone is 1. The molecule has 3 heterocycles. The van der Waals surface area contributed by atoms with Gasteiger partial charge in [0.15, 0.2) is 0 Å². The maximum absolute atomic E-state index is 12.1. The average molecular weight is 452 g/mol. The summed E-state index contributed by atoms with van der Waals surface area (Å²) in [6, 6.07) is 12.6. The minimum Gasteiger partial charge on any atom is -0.327 e. The molecule has 0 radical (unpaired) electrons. The zero-order valence-corrected chi connectivity index (χ0v) is 17.1. The van der Waals surface area contributed by atoms with E-state index in [1.165, 1.54) is 11.3 Å². The SMILES string of the molecule is CC1=C(c2nc(-c3ccc(C#N)cc3)cs2)C(c2ccc(Br)nc2)NC(=O)N1. The van der Waals surface area contributed by atoms with Crippen LogP contribution in [0.5, 0.6) is 0 Å². The zero-order valence-electron chi connectivity index (χ0n) is 14.7. The standard InChI is InChI=1S/C20H14BrN5OS/c1-11-17(18(26-20(27)24-11)14-6-7-16(21)23-9-14)19-25-15(10-28-19)13-4-2-12(8-22)3-5-13/h2-7,9-10,18H,1H3,(H2,24,26,27). The van der Waals surface area contributed by atoms with Gasteiger partial charge in [-0.1, -0.05) is 18.2 Å². The molecule has 1 atom stereocenters. The normalized spacial score (nSPS) is 16.3. The number of halogens is 1. The van der Waals surface area contributed by atoms with Gasteiger partial charge in [-0.2, -0.15) is 5.26 Å². The lowest BCUT2D eigenvalue weighted by Gasteiger charge is -2.28. The Morgan fingerprint density at radius 2 is 2.00 bits per heavy atom. The lowest BCUT2D eigenvalue weighted by atomic mass is 9.97. The molecular weight excluding hydrogens is 438 g/mol. The Hall–Kier alpha value is -3.02. The maximum Gasteiger partial charge on any atom is 0.319 e. The van der Waals surface area contributed by atoms with E-state index in [1.54, 1.807) is 18.3 Å². The molecule has 6 nitrogen and oxygen atoms in total. The summed E-state index contributed by atoms with van der Waals surface area (Å²) in [4.78, 5) is 21.1. The fraction of sp³-hybridized carbons (Fsp3) is 0.100. The number of urea groups is 1. The summed E-state index contributed by atoms with van der Waals surface area (Å²) < 4.78 is 0.733. The Morgan fingerprint density at radius 1 is 1.21 bits per heavy atom. The number of benzene rings is 1. The van der Waals surface area contributed by atoms with Crippen molar-refractivity contribution >= 4 is 38.9 Å². The number of thiazole rings is 1. The molecule has 0 fully saturated rings. The van der Waals surface area contributed by atoms with E-state index >= 15 is 0 Å². The molecule has 8 heteroatoms. The third-order valence-electron chi connectivity index (χ3n) is 4.40. The molecule has 3 aromatic rings. The lowest BCUT2D eigenvalue weighted by Crippen LogP contribution is -2.42. The Balaban J connectivity index is 1.73. The van der Waals surface area contributed by atoms with Gasteiger partial charge in [0.05, 0.1) is 23.4 Å². The quantitative estimate of drug-likeness (QED) is 0.568. The second-order valence-corrected chi connectivity index (χ2v) is 7.88. The topological polar surface area (TPSA) is 90.7 Å². The van der Waals surface area contributed by atoms with Crippen molar-refractivity contribution in [2.24, 2.45) is 0 Å². The number of aromatic nitrogens is 2. The van der Waals surface area contributed by atoms with Crippen LogP contribution >= 0.6 is 27.3 Å². The summed E-state index contributed by atoms with van der Waals surface area (Å²) in [5.74, 6) is 0. The molecule has 1 aromatic carbocycles. The van der Waals surface area contributed by atoms with Crippen LogP contribution in [0.15, 0.2) is 58.3 Å². The van der Waals surface area contributed by atoms with Gasteiger partial charge in [0.25, 0.3) is 0 Å². The molecule has 0 aliphatic carbocycles. The van der Waals surface area contributed by atoms with Gasteiger partial charge < -0.3 is 10.6 Å². The van der Waals surface area contributed by atoms with E-state index in [4.69, 9.17) is 10.2 Å². The van der Waals surface area contributed by atoms with E-state index < -0.39 is 0 Å². The molecule has 4 rings (SSSR count). The smallest absolute Gasteiger partial charge is 0.319 e. The Bertz CT molecular complexity index is 1110. The number of amides is 2. The summed E-state index contributed by atoms with van der Waals surface area (Å²) in [6.45, 7) is 1.87. The minimum absolute atomic E-state index is 0.252. The van der Waals surface area contributed by atoms with Gasteiger partial charge >= 0.3 is 6.03 Å². The Labute approximate surface area is 174 Å². The van der Waals surface area contributed by atoms with E-state index in [0.29, 0.717) is 5.56 Å². The average Bonchev–Trinajstić information content (AvgIpc) is 3.17. The fourth-order valence-corrected chi connectivity index (χ4v) is 4.23. The van der Waals surface area contributed by atoms with Crippen molar-refractivity contribution in [3.63, 3.8) is 0 Å². The molecule has 0 saturated heterocycles. The summed E-state index contributed by atoms with van der Waals surface area (Å²) in [7, 11) is 0. The summed E-state index contributed by atoms with van der Waals surface area (Å²) in [5.41, 5.74) is 4.93. The molecule has 1 aliphatic heterocycles. The second-order valence-electron chi connectivity index (χ2n) is 6.21. The Kier molecular flexibility index (Phi) is 4.94. The molecule has 1 aliphatic rings. The predicted octanol–water partition coefficient (Wildman–Crippen LogP) is 4.62. The van der Waals surface area contributed by atoms with E-state index in [2.05, 4.69) is 37.6 Å². The van der Waals surface area contributed by atoms with Gasteiger partial charge in [-0.15, -0.1) is 11.3 Å². The van der Waals surface area contributed by atoms with Gasteiger partial charge in [0.2, 0.25) is 0 Å². The largest absolute Gasteiger partial charge is 0.327 e. The molecule has 138 valence electrons. The van der Waals surface area contributed by atoms with Crippen LogP contribution in [0, 0.1) is 11.3 Å². The van der Waals surface area contributed by atoms with Crippen molar-refractivity contribution in [1.82, 2.24) is 20.6 Å². The third-order valence-corrected chi connectivity index (χ3v) is 5.74. The van der Waals surface area contributed by atoms with E-state index in [9.17, 15) is 4.79 Å². The van der Waals surface area contributed by atoms with Crippen LogP contribution in [-0.4, -0.2) is 16.0 Å². The van der Waals surface area contributed by atoms with Crippen molar-refractivity contribution in [3.8, 4) is 17.3 Å². The molecule has 0 saturated carbocycles. The summed E-state index contributed by atoms with van der Waals surface area (Å²) >= 11 is 4.85.